The van der Waals surface area contributed by atoms with Crippen LogP contribution >= 0.6 is 0 Å². The molecule has 102 valence electrons. The van der Waals surface area contributed by atoms with Crippen LogP contribution in [0, 0.1) is 5.41 Å². The van der Waals surface area contributed by atoms with Crippen molar-refractivity contribution in [3.05, 3.63) is 29.6 Å². The molecule has 1 fully saturated rings. The smallest absolute Gasteiger partial charge is 0.335 e. The second-order valence-corrected chi connectivity index (χ2v) is 5.64. The summed E-state index contributed by atoms with van der Waals surface area (Å²) < 4.78 is 0. The summed E-state index contributed by atoms with van der Waals surface area (Å²) in [6.45, 7) is 4.26. The highest BCUT2D eigenvalue weighted by atomic mass is 16.4. The molecule has 19 heavy (non-hydrogen) atoms. The number of hydrogen-bond donors (Lipinski definition) is 2. The number of amides is 1. The van der Waals surface area contributed by atoms with Gasteiger partial charge in [0.15, 0.2) is 0 Å². The van der Waals surface area contributed by atoms with E-state index in [1.807, 2.05) is 0 Å². The van der Waals surface area contributed by atoms with Crippen LogP contribution in [0.2, 0.25) is 0 Å². The highest BCUT2D eigenvalue weighted by Gasteiger charge is 2.35. The average Bonchev–Trinajstić information content (AvgIpc) is 2.69. The molecule has 1 amide bonds. The standard InChI is InChI=1S/C14H18N2O3/c1-14(2)6-3-4-11(14)16-12(17)10-8-9(13(18)19)5-7-15-10/h5,7-8,11H,3-4,6H2,1-2H3,(H,16,17)(H,18,19). The molecule has 0 spiro atoms. The largest absolute Gasteiger partial charge is 0.478 e. The van der Waals surface area contributed by atoms with E-state index in [0.717, 1.165) is 19.3 Å². The first-order valence-corrected chi connectivity index (χ1v) is 6.40. The molecular weight excluding hydrogens is 244 g/mol. The molecule has 1 unspecified atom stereocenters. The summed E-state index contributed by atoms with van der Waals surface area (Å²) in [6.07, 6.45) is 4.48. The number of nitrogens with zero attached hydrogens (tertiary/aromatic N) is 1. The average molecular weight is 262 g/mol. The Bertz CT molecular complexity index is 511. The highest BCUT2D eigenvalue weighted by molar-refractivity contribution is 5.95. The molecule has 5 nitrogen and oxygen atoms in total. The number of rotatable bonds is 3. The van der Waals surface area contributed by atoms with E-state index in [-0.39, 0.29) is 28.6 Å². The molecule has 0 aliphatic heterocycles. The van der Waals surface area contributed by atoms with Crippen LogP contribution in [0.25, 0.3) is 0 Å². The van der Waals surface area contributed by atoms with Crippen molar-refractivity contribution in [2.45, 2.75) is 39.2 Å². The zero-order chi connectivity index (χ0) is 14.0. The Morgan fingerprint density at radius 1 is 1.47 bits per heavy atom. The minimum Gasteiger partial charge on any atom is -0.478 e. The molecule has 1 atom stereocenters. The fourth-order valence-corrected chi connectivity index (χ4v) is 2.51. The van der Waals surface area contributed by atoms with Gasteiger partial charge < -0.3 is 10.4 Å². The van der Waals surface area contributed by atoms with Gasteiger partial charge in [-0.15, -0.1) is 0 Å². The van der Waals surface area contributed by atoms with Gasteiger partial charge in [0.2, 0.25) is 0 Å². The zero-order valence-corrected chi connectivity index (χ0v) is 11.1. The molecule has 1 aromatic heterocycles. The number of hydrogen-bond acceptors (Lipinski definition) is 3. The zero-order valence-electron chi connectivity index (χ0n) is 11.1. The minimum atomic E-state index is -1.06. The molecule has 2 N–H and O–H groups in total. The molecule has 5 heteroatoms. The van der Waals surface area contributed by atoms with Crippen molar-refractivity contribution in [3.8, 4) is 0 Å². The van der Waals surface area contributed by atoms with Crippen molar-refractivity contribution in [1.82, 2.24) is 10.3 Å². The predicted molar refractivity (Wildman–Crippen MR) is 70.1 cm³/mol. The second-order valence-electron chi connectivity index (χ2n) is 5.64. The molecule has 2 rings (SSSR count). The lowest BCUT2D eigenvalue weighted by Gasteiger charge is -2.27. The van der Waals surface area contributed by atoms with Crippen LogP contribution in [-0.2, 0) is 0 Å². The highest BCUT2D eigenvalue weighted by Crippen LogP contribution is 2.37. The van der Waals surface area contributed by atoms with Gasteiger partial charge in [0.05, 0.1) is 5.56 Å². The lowest BCUT2D eigenvalue weighted by molar-refractivity contribution is 0.0696. The number of carbonyl (C=O) groups excluding carboxylic acids is 1. The maximum Gasteiger partial charge on any atom is 0.335 e. The first kappa shape index (κ1) is 13.5. The van der Waals surface area contributed by atoms with E-state index in [0.29, 0.717) is 0 Å². The van der Waals surface area contributed by atoms with Crippen molar-refractivity contribution in [1.29, 1.82) is 0 Å². The quantitative estimate of drug-likeness (QED) is 0.874. The molecule has 1 aliphatic carbocycles. The number of nitrogens with one attached hydrogen (secondary N) is 1. The summed E-state index contributed by atoms with van der Waals surface area (Å²) in [4.78, 5) is 26.9. The third kappa shape index (κ3) is 2.92. The van der Waals surface area contributed by atoms with Crippen molar-refractivity contribution in [2.24, 2.45) is 5.41 Å². The number of carboxylic acid groups (broad SMARTS) is 1. The summed E-state index contributed by atoms with van der Waals surface area (Å²) in [6, 6.07) is 2.80. The topological polar surface area (TPSA) is 79.3 Å². The molecule has 0 radical (unpaired) electrons. The third-order valence-corrected chi connectivity index (χ3v) is 3.80. The number of aromatic carboxylic acids is 1. The van der Waals surface area contributed by atoms with E-state index in [2.05, 4.69) is 24.1 Å². The molecular formula is C14H18N2O3. The molecule has 1 aromatic rings. The second kappa shape index (κ2) is 4.99. The molecule has 1 heterocycles. The fourth-order valence-electron chi connectivity index (χ4n) is 2.51. The van der Waals surface area contributed by atoms with Gasteiger partial charge in [0.1, 0.15) is 5.69 Å². The van der Waals surface area contributed by atoms with Crippen LogP contribution in [0.5, 0.6) is 0 Å². The summed E-state index contributed by atoms with van der Waals surface area (Å²) in [5.41, 5.74) is 0.313. The number of carbonyl (C=O) groups is 2. The monoisotopic (exact) mass is 262 g/mol. The van der Waals surface area contributed by atoms with Crippen LogP contribution in [0.1, 0.15) is 54.0 Å². The summed E-state index contributed by atoms with van der Waals surface area (Å²) in [5.74, 6) is -1.36. The minimum absolute atomic E-state index is 0.0748. The van der Waals surface area contributed by atoms with Crippen molar-refractivity contribution >= 4 is 11.9 Å². The van der Waals surface area contributed by atoms with E-state index in [9.17, 15) is 9.59 Å². The van der Waals surface area contributed by atoms with E-state index in [1.165, 1.54) is 18.3 Å². The lowest BCUT2D eigenvalue weighted by Crippen LogP contribution is -2.41. The first-order valence-electron chi connectivity index (χ1n) is 6.40. The number of aromatic nitrogens is 1. The summed E-state index contributed by atoms with van der Waals surface area (Å²) >= 11 is 0. The Morgan fingerprint density at radius 3 is 2.79 bits per heavy atom. The van der Waals surface area contributed by atoms with E-state index in [1.54, 1.807) is 0 Å². The van der Waals surface area contributed by atoms with Crippen LogP contribution in [0.3, 0.4) is 0 Å². The SMILES string of the molecule is CC1(C)CCCC1NC(=O)c1cc(C(=O)O)ccn1. The Labute approximate surface area is 112 Å². The molecule has 0 aromatic carbocycles. The van der Waals surface area contributed by atoms with E-state index < -0.39 is 5.97 Å². The molecule has 1 saturated carbocycles. The van der Waals surface area contributed by atoms with Gasteiger partial charge in [0.25, 0.3) is 5.91 Å². The van der Waals surface area contributed by atoms with Gasteiger partial charge in [-0.05, 0) is 30.4 Å². The summed E-state index contributed by atoms with van der Waals surface area (Å²) in [7, 11) is 0. The van der Waals surface area contributed by atoms with Gasteiger partial charge >= 0.3 is 5.97 Å². The van der Waals surface area contributed by atoms with Crippen molar-refractivity contribution in [3.63, 3.8) is 0 Å². The molecule has 0 bridgehead atoms. The van der Waals surface area contributed by atoms with E-state index in [4.69, 9.17) is 5.11 Å². The van der Waals surface area contributed by atoms with Crippen LogP contribution in [-0.4, -0.2) is 28.0 Å². The predicted octanol–water partition coefficient (Wildman–Crippen LogP) is 2.09. The van der Waals surface area contributed by atoms with Crippen LogP contribution in [0.4, 0.5) is 0 Å². The fraction of sp³-hybridized carbons (Fsp3) is 0.500. The number of carboxylic acids is 1. The normalized spacial score (nSPS) is 21.1. The lowest BCUT2D eigenvalue weighted by atomic mass is 9.87. The van der Waals surface area contributed by atoms with E-state index >= 15 is 0 Å². The maximum absolute atomic E-state index is 12.1. The Hall–Kier alpha value is -1.91. The summed E-state index contributed by atoms with van der Waals surface area (Å²) in [5, 5.41) is 11.9. The Balaban J connectivity index is 2.12. The Morgan fingerprint density at radius 2 is 2.21 bits per heavy atom. The van der Waals surface area contributed by atoms with Gasteiger partial charge in [-0.2, -0.15) is 0 Å². The maximum atomic E-state index is 12.1. The molecule has 1 aliphatic rings. The number of pyridine rings is 1. The van der Waals surface area contributed by atoms with Crippen molar-refractivity contribution < 1.29 is 14.7 Å². The van der Waals surface area contributed by atoms with Crippen LogP contribution in [0.15, 0.2) is 18.3 Å². The third-order valence-electron chi connectivity index (χ3n) is 3.80. The molecule has 0 saturated heterocycles. The van der Waals surface area contributed by atoms with Gasteiger partial charge in [0, 0.05) is 12.2 Å². The van der Waals surface area contributed by atoms with Crippen LogP contribution < -0.4 is 5.32 Å². The first-order chi connectivity index (χ1) is 8.90. The van der Waals surface area contributed by atoms with Gasteiger partial charge in [-0.25, -0.2) is 4.79 Å². The Kier molecular flexibility index (Phi) is 3.55. The van der Waals surface area contributed by atoms with Gasteiger partial charge in [-0.1, -0.05) is 20.3 Å². The van der Waals surface area contributed by atoms with Crippen molar-refractivity contribution in [2.75, 3.05) is 0 Å². The van der Waals surface area contributed by atoms with Gasteiger partial charge in [-0.3, -0.25) is 9.78 Å².